The third kappa shape index (κ3) is 3.61. The number of imidazole rings is 1. The predicted octanol–water partition coefficient (Wildman–Crippen LogP) is 2.95. The molecule has 0 spiro atoms. The molecule has 30 heavy (non-hydrogen) atoms. The Kier molecular flexibility index (Phi) is 5.43. The molecular weight excluding hydrogens is 385 g/mol. The number of likely N-dealkylation sites (tertiary alicyclic amines) is 1. The van der Waals surface area contributed by atoms with Crippen molar-refractivity contribution in [3.63, 3.8) is 0 Å². The molecule has 3 aromatic rings. The van der Waals surface area contributed by atoms with Gasteiger partial charge < -0.3 is 10.0 Å². The molecule has 1 aromatic heterocycles. The summed E-state index contributed by atoms with van der Waals surface area (Å²) in [6.45, 7) is 0.864. The lowest BCUT2D eigenvalue weighted by Gasteiger charge is -2.25. The quantitative estimate of drug-likeness (QED) is 0.286. The lowest BCUT2D eigenvalue weighted by Crippen LogP contribution is -2.36. The van der Waals surface area contributed by atoms with Crippen molar-refractivity contribution in [2.75, 3.05) is 6.54 Å². The van der Waals surface area contributed by atoms with Crippen LogP contribution in [-0.4, -0.2) is 33.2 Å². The molecule has 1 unspecified atom stereocenters. The van der Waals surface area contributed by atoms with Crippen molar-refractivity contribution in [3.05, 3.63) is 95.8 Å². The summed E-state index contributed by atoms with van der Waals surface area (Å²) in [4.78, 5) is 30.0. The number of aromatic nitrogens is 2. The second-order valence-electron chi connectivity index (χ2n) is 7.08. The summed E-state index contributed by atoms with van der Waals surface area (Å²) in [7, 11) is 0. The van der Waals surface area contributed by atoms with E-state index in [9.17, 15) is 19.1 Å². The van der Waals surface area contributed by atoms with E-state index in [0.29, 0.717) is 18.5 Å². The van der Waals surface area contributed by atoms with Gasteiger partial charge in [-0.05, 0) is 6.07 Å². The molecule has 1 aliphatic heterocycles. The molecule has 4 rings (SSSR count). The van der Waals surface area contributed by atoms with E-state index in [1.165, 1.54) is 17.0 Å². The molecule has 1 atom stereocenters. The number of benzene rings is 2. The van der Waals surface area contributed by atoms with E-state index in [-0.39, 0.29) is 23.4 Å². The zero-order valence-corrected chi connectivity index (χ0v) is 16.2. The van der Waals surface area contributed by atoms with Crippen LogP contribution in [0.5, 0.6) is 0 Å². The molecular formula is C23H21FN3O3+. The zero-order valence-electron chi connectivity index (χ0n) is 16.2. The fourth-order valence-electron chi connectivity index (χ4n) is 3.77. The van der Waals surface area contributed by atoms with Crippen LogP contribution >= 0.6 is 0 Å². The molecule has 2 aromatic carbocycles. The summed E-state index contributed by atoms with van der Waals surface area (Å²) < 4.78 is 16.6. The zero-order chi connectivity index (χ0) is 21.1. The van der Waals surface area contributed by atoms with E-state index in [2.05, 4.69) is 4.98 Å². The van der Waals surface area contributed by atoms with Crippen LogP contribution in [0.3, 0.4) is 0 Å². The van der Waals surface area contributed by atoms with Gasteiger partial charge in [0.05, 0.1) is 18.2 Å². The second kappa shape index (κ2) is 8.32. The molecule has 1 amide bonds. The fraction of sp³-hybridized carbons (Fsp3) is 0.174. The van der Waals surface area contributed by atoms with Gasteiger partial charge in [0.2, 0.25) is 6.33 Å². The van der Waals surface area contributed by atoms with Crippen LogP contribution in [0.2, 0.25) is 0 Å². The Morgan fingerprint density at radius 2 is 1.83 bits per heavy atom. The first-order valence-corrected chi connectivity index (χ1v) is 9.68. The Bertz CT molecular complexity index is 1090. The van der Waals surface area contributed by atoms with E-state index in [0.717, 1.165) is 0 Å². The maximum atomic E-state index is 14.7. The molecule has 1 saturated heterocycles. The van der Waals surface area contributed by atoms with Gasteiger partial charge in [0, 0.05) is 24.1 Å². The van der Waals surface area contributed by atoms with Crippen molar-refractivity contribution in [2.45, 2.75) is 19.0 Å². The molecule has 0 bridgehead atoms. The number of ketones is 1. The average Bonchev–Trinajstić information content (AvgIpc) is 3.37. The van der Waals surface area contributed by atoms with Crippen LogP contribution in [0.4, 0.5) is 4.39 Å². The summed E-state index contributed by atoms with van der Waals surface area (Å²) >= 11 is 0. The van der Waals surface area contributed by atoms with Crippen LogP contribution < -0.4 is 4.57 Å². The number of hydrogen-bond donors (Lipinski definition) is 2. The minimum absolute atomic E-state index is 0.0920. The summed E-state index contributed by atoms with van der Waals surface area (Å²) in [5, 5.41) is 10.9. The van der Waals surface area contributed by atoms with Gasteiger partial charge in [-0.15, -0.1) is 0 Å². The van der Waals surface area contributed by atoms with Gasteiger partial charge in [-0.2, -0.15) is 0 Å². The Labute approximate surface area is 172 Å². The molecule has 7 heteroatoms. The van der Waals surface area contributed by atoms with Gasteiger partial charge >= 0.3 is 0 Å². The Morgan fingerprint density at radius 3 is 2.53 bits per heavy atom. The molecule has 2 heterocycles. The number of nitrogens with one attached hydrogen (secondary N) is 1. The van der Waals surface area contributed by atoms with Crippen LogP contribution in [-0.2, 0) is 16.1 Å². The molecule has 6 nitrogen and oxygen atoms in total. The van der Waals surface area contributed by atoms with E-state index < -0.39 is 23.5 Å². The van der Waals surface area contributed by atoms with Crippen LogP contribution in [0, 0.1) is 5.82 Å². The maximum Gasteiger partial charge on any atom is 0.295 e. The first-order valence-electron chi connectivity index (χ1n) is 9.68. The third-order valence-electron chi connectivity index (χ3n) is 5.20. The summed E-state index contributed by atoms with van der Waals surface area (Å²) in [6, 6.07) is 13.5. The normalized spacial score (nSPS) is 18.2. The third-order valence-corrected chi connectivity index (χ3v) is 5.20. The van der Waals surface area contributed by atoms with E-state index in [1.54, 1.807) is 55.0 Å². The fourth-order valence-corrected chi connectivity index (χ4v) is 3.77. The highest BCUT2D eigenvalue weighted by atomic mass is 19.1. The van der Waals surface area contributed by atoms with Crippen LogP contribution in [0.1, 0.15) is 23.6 Å². The van der Waals surface area contributed by atoms with Gasteiger partial charge in [0.25, 0.3) is 11.7 Å². The van der Waals surface area contributed by atoms with Gasteiger partial charge in [0.15, 0.2) is 0 Å². The Hall–Kier alpha value is -3.74. The number of aliphatic hydroxyl groups excluding tert-OH is 1. The highest BCUT2D eigenvalue weighted by Crippen LogP contribution is 2.40. The number of rotatable bonds is 6. The van der Waals surface area contributed by atoms with Gasteiger partial charge in [0.1, 0.15) is 24.0 Å². The maximum absolute atomic E-state index is 14.7. The number of carbonyl (C=O) groups excluding carboxylic acids is 2. The van der Waals surface area contributed by atoms with Crippen molar-refractivity contribution < 1.29 is 23.7 Å². The number of hydrogen-bond acceptors (Lipinski definition) is 3. The molecule has 2 N–H and O–H groups in total. The Morgan fingerprint density at radius 1 is 1.10 bits per heavy atom. The second-order valence-corrected chi connectivity index (χ2v) is 7.08. The number of halogens is 1. The molecule has 1 fully saturated rings. The van der Waals surface area contributed by atoms with Crippen molar-refractivity contribution in [2.24, 2.45) is 0 Å². The smallest absolute Gasteiger partial charge is 0.295 e. The number of H-pyrrole nitrogens is 1. The largest absolute Gasteiger partial charge is 0.507 e. The van der Waals surface area contributed by atoms with Crippen molar-refractivity contribution in [3.8, 4) is 0 Å². The van der Waals surface area contributed by atoms with Gasteiger partial charge in [-0.25, -0.2) is 8.96 Å². The van der Waals surface area contributed by atoms with Crippen molar-refractivity contribution in [1.29, 1.82) is 0 Å². The molecule has 0 aliphatic carbocycles. The minimum atomic E-state index is -0.984. The highest BCUT2D eigenvalue weighted by Gasteiger charge is 2.46. The summed E-state index contributed by atoms with van der Waals surface area (Å²) in [5.74, 6) is -2.38. The SMILES string of the molecule is O=C1C(=O)N(CCC[n+]2cc[nH]c2)C(c2ccccc2F)C1=C(O)c1ccccc1. The lowest BCUT2D eigenvalue weighted by atomic mass is 9.95. The first-order chi connectivity index (χ1) is 14.6. The number of amides is 1. The van der Waals surface area contributed by atoms with E-state index in [1.807, 2.05) is 10.8 Å². The number of nitrogens with zero attached hydrogens (tertiary/aromatic N) is 2. The van der Waals surface area contributed by atoms with Crippen LogP contribution in [0.15, 0.2) is 78.9 Å². The van der Waals surface area contributed by atoms with E-state index in [4.69, 9.17) is 0 Å². The Balaban J connectivity index is 1.74. The van der Waals surface area contributed by atoms with Crippen LogP contribution in [0.25, 0.3) is 5.76 Å². The standard InChI is InChI=1S/C23H20FN3O3/c24-18-10-5-4-9-17(18)20-19(21(28)16-7-2-1-3-8-16)22(29)23(30)27(20)13-6-12-26-14-11-25-15-26/h1-5,7-11,14-15,20H,6,12-13H2,(H,28,29)/p+1. The van der Waals surface area contributed by atoms with Crippen molar-refractivity contribution in [1.82, 2.24) is 9.88 Å². The predicted molar refractivity (Wildman–Crippen MR) is 107 cm³/mol. The topological polar surface area (TPSA) is 77.3 Å². The molecule has 0 radical (unpaired) electrons. The number of Topliss-reactive ketones (excluding diaryl/α,β-unsaturated/α-hetero) is 1. The molecule has 1 aliphatic rings. The van der Waals surface area contributed by atoms with Crippen molar-refractivity contribution >= 4 is 17.4 Å². The number of carbonyl (C=O) groups is 2. The number of aryl methyl sites for hydroxylation is 1. The summed E-state index contributed by atoms with van der Waals surface area (Å²) in [6.07, 6.45) is 5.99. The molecule has 152 valence electrons. The van der Waals surface area contributed by atoms with E-state index >= 15 is 0 Å². The number of aliphatic hydroxyl groups is 1. The molecule has 0 saturated carbocycles. The average molecular weight is 406 g/mol. The highest BCUT2D eigenvalue weighted by molar-refractivity contribution is 6.46. The van der Waals surface area contributed by atoms with Gasteiger partial charge in [-0.3, -0.25) is 14.6 Å². The summed E-state index contributed by atoms with van der Waals surface area (Å²) in [5.41, 5.74) is 0.494. The lowest BCUT2D eigenvalue weighted by molar-refractivity contribution is -0.695. The first kappa shape index (κ1) is 19.6. The minimum Gasteiger partial charge on any atom is -0.507 e. The van der Waals surface area contributed by atoms with Gasteiger partial charge in [-0.1, -0.05) is 48.5 Å². The monoisotopic (exact) mass is 406 g/mol. The number of aromatic amines is 1.